The van der Waals surface area contributed by atoms with Crippen LogP contribution in [0.15, 0.2) is 54.3 Å². The number of fused-ring (bicyclic) bond motifs is 1. The summed E-state index contributed by atoms with van der Waals surface area (Å²) in [7, 11) is 0. The van der Waals surface area contributed by atoms with Crippen molar-refractivity contribution in [2.45, 2.75) is 6.92 Å². The topological polar surface area (TPSA) is 69.4 Å². The summed E-state index contributed by atoms with van der Waals surface area (Å²) in [6.07, 6.45) is 0. The summed E-state index contributed by atoms with van der Waals surface area (Å²) in [5.74, 6) is 1.10. The molecule has 5 nitrogen and oxygen atoms in total. The lowest BCUT2D eigenvalue weighted by atomic mass is 10.2. The maximum absolute atomic E-state index is 10.5. The van der Waals surface area contributed by atoms with E-state index in [1.165, 1.54) is 11.3 Å². The van der Waals surface area contributed by atoms with Crippen LogP contribution in [-0.2, 0) is 0 Å². The smallest absolute Gasteiger partial charge is 0.142 e. The van der Waals surface area contributed by atoms with Gasteiger partial charge in [0.1, 0.15) is 22.4 Å². The average Bonchev–Trinajstić information content (AvgIpc) is 3.16. The van der Waals surface area contributed by atoms with Gasteiger partial charge in [-0.15, -0.1) is 11.3 Å². The molecule has 0 atom stereocenters. The quantitative estimate of drug-likeness (QED) is 0.728. The Balaban J connectivity index is 1.72. The van der Waals surface area contributed by atoms with Gasteiger partial charge in [0.15, 0.2) is 0 Å². The third-order valence-electron chi connectivity index (χ3n) is 4.07. The third kappa shape index (κ3) is 2.64. The van der Waals surface area contributed by atoms with Gasteiger partial charge in [0.05, 0.1) is 34.6 Å². The number of hydrogen-bond acceptors (Lipinski definition) is 5. The lowest BCUT2D eigenvalue weighted by Gasteiger charge is -2.21. The lowest BCUT2D eigenvalue weighted by Crippen LogP contribution is -2.26. The van der Waals surface area contributed by atoms with Gasteiger partial charge in [-0.25, -0.2) is 4.98 Å². The van der Waals surface area contributed by atoms with E-state index in [-0.39, 0.29) is 18.1 Å². The van der Waals surface area contributed by atoms with Gasteiger partial charge in [0.25, 0.3) is 0 Å². The van der Waals surface area contributed by atoms with Crippen LogP contribution in [0, 0.1) is 5.41 Å². The van der Waals surface area contributed by atoms with Gasteiger partial charge in [-0.2, -0.15) is 0 Å². The molecule has 0 unspecified atom stereocenters. The van der Waals surface area contributed by atoms with Gasteiger partial charge in [0.2, 0.25) is 0 Å². The van der Waals surface area contributed by atoms with E-state index >= 15 is 0 Å². The van der Waals surface area contributed by atoms with Gasteiger partial charge in [0, 0.05) is 0 Å². The van der Waals surface area contributed by atoms with Crippen molar-refractivity contribution in [3.63, 3.8) is 0 Å². The number of nitrogens with one attached hydrogen (secondary N) is 1. The summed E-state index contributed by atoms with van der Waals surface area (Å²) in [6, 6.07) is 15.4. The number of hydrogen-bond donors (Lipinski definition) is 2. The van der Waals surface area contributed by atoms with Crippen molar-refractivity contribution in [1.29, 1.82) is 5.41 Å². The van der Waals surface area contributed by atoms with Gasteiger partial charge < -0.3 is 14.7 Å². The molecular formula is C19H17N3O2S. The van der Waals surface area contributed by atoms with Gasteiger partial charge >= 0.3 is 0 Å². The Labute approximate surface area is 149 Å². The maximum atomic E-state index is 10.5. The zero-order valence-electron chi connectivity index (χ0n) is 13.7. The number of nitrogens with zero attached hydrogens (tertiary/aromatic N) is 2. The molecule has 6 heteroatoms. The standard InChI is InChI=1S/C19H17N3O2S/c1-2-24-15-9-5-4-8-13(15)22-11-14(23)17(18(22)20)19-21-12-7-3-6-10-16(12)25-19/h3-10,20,23H,2,11H2,1H3. The highest BCUT2D eigenvalue weighted by Crippen LogP contribution is 2.38. The van der Waals surface area contributed by atoms with Crippen LogP contribution in [0.2, 0.25) is 0 Å². The van der Waals surface area contributed by atoms with Crippen LogP contribution in [0.1, 0.15) is 11.9 Å². The van der Waals surface area contributed by atoms with Crippen molar-refractivity contribution in [3.05, 3.63) is 59.3 Å². The largest absolute Gasteiger partial charge is 0.510 e. The average molecular weight is 351 g/mol. The molecule has 0 saturated carbocycles. The van der Waals surface area contributed by atoms with E-state index in [0.29, 0.717) is 22.9 Å². The first-order valence-electron chi connectivity index (χ1n) is 8.05. The Hall–Kier alpha value is -2.86. The Kier molecular flexibility index (Phi) is 3.89. The van der Waals surface area contributed by atoms with E-state index < -0.39 is 0 Å². The third-order valence-corrected chi connectivity index (χ3v) is 5.12. The molecule has 126 valence electrons. The van der Waals surface area contributed by atoms with Crippen molar-refractivity contribution < 1.29 is 9.84 Å². The number of thiazole rings is 1. The molecule has 1 aliphatic heterocycles. The zero-order chi connectivity index (χ0) is 17.4. The van der Waals surface area contributed by atoms with E-state index in [1.54, 1.807) is 4.90 Å². The zero-order valence-corrected chi connectivity index (χ0v) is 14.5. The monoisotopic (exact) mass is 351 g/mol. The van der Waals surface area contributed by atoms with Gasteiger partial charge in [-0.1, -0.05) is 24.3 Å². The second-order valence-electron chi connectivity index (χ2n) is 5.64. The van der Waals surface area contributed by atoms with Crippen molar-refractivity contribution in [2.75, 3.05) is 18.1 Å². The molecule has 0 fully saturated rings. The van der Waals surface area contributed by atoms with Crippen molar-refractivity contribution >= 4 is 38.6 Å². The first-order valence-corrected chi connectivity index (χ1v) is 8.87. The molecule has 0 bridgehead atoms. The molecule has 25 heavy (non-hydrogen) atoms. The van der Waals surface area contributed by atoms with Crippen molar-refractivity contribution in [3.8, 4) is 5.75 Å². The summed E-state index contributed by atoms with van der Waals surface area (Å²) in [5, 5.41) is 19.8. The molecule has 1 aliphatic rings. The lowest BCUT2D eigenvalue weighted by molar-refractivity contribution is 0.341. The number of benzene rings is 2. The van der Waals surface area contributed by atoms with E-state index in [4.69, 9.17) is 10.1 Å². The van der Waals surface area contributed by atoms with E-state index in [0.717, 1.165) is 15.9 Å². The molecule has 0 saturated heterocycles. The molecular weight excluding hydrogens is 334 g/mol. The molecule has 2 N–H and O–H groups in total. The van der Waals surface area contributed by atoms with Crippen LogP contribution >= 0.6 is 11.3 Å². The van der Waals surface area contributed by atoms with E-state index in [9.17, 15) is 5.11 Å². The first-order chi connectivity index (χ1) is 12.2. The maximum Gasteiger partial charge on any atom is 0.142 e. The number of para-hydroxylation sites is 3. The van der Waals surface area contributed by atoms with Gasteiger partial charge in [-0.3, -0.25) is 5.41 Å². The van der Waals surface area contributed by atoms with Crippen LogP contribution in [-0.4, -0.2) is 29.1 Å². The summed E-state index contributed by atoms with van der Waals surface area (Å²) in [5.41, 5.74) is 2.15. The number of aliphatic hydroxyl groups excluding tert-OH is 1. The number of ether oxygens (including phenoxy) is 1. The molecule has 0 radical (unpaired) electrons. The fraction of sp³-hybridized carbons (Fsp3) is 0.158. The minimum Gasteiger partial charge on any atom is -0.510 e. The number of aliphatic hydroxyl groups is 1. The SMILES string of the molecule is CCOc1ccccc1N1CC(O)=C(c2nc3ccccc3s2)C1=N. The fourth-order valence-corrected chi connectivity index (χ4v) is 3.98. The van der Waals surface area contributed by atoms with Crippen LogP contribution in [0.3, 0.4) is 0 Å². The summed E-state index contributed by atoms with van der Waals surface area (Å²) >= 11 is 1.49. The number of aromatic nitrogens is 1. The predicted molar refractivity (Wildman–Crippen MR) is 102 cm³/mol. The summed E-state index contributed by atoms with van der Waals surface area (Å²) in [6.45, 7) is 2.71. The van der Waals surface area contributed by atoms with E-state index in [1.807, 2.05) is 55.5 Å². The highest BCUT2D eigenvalue weighted by Gasteiger charge is 2.32. The normalized spacial score (nSPS) is 14.6. The Bertz CT molecular complexity index is 960. The van der Waals surface area contributed by atoms with Crippen LogP contribution in [0.25, 0.3) is 15.8 Å². The summed E-state index contributed by atoms with van der Waals surface area (Å²) < 4.78 is 6.71. The second kappa shape index (κ2) is 6.22. The second-order valence-corrected chi connectivity index (χ2v) is 6.67. The van der Waals surface area contributed by atoms with Crippen molar-refractivity contribution in [2.24, 2.45) is 0 Å². The minimum atomic E-state index is 0.162. The Morgan fingerprint density at radius 1 is 1.20 bits per heavy atom. The van der Waals surface area contributed by atoms with Crippen LogP contribution in [0.4, 0.5) is 5.69 Å². The van der Waals surface area contributed by atoms with Crippen molar-refractivity contribution in [1.82, 2.24) is 4.98 Å². The minimum absolute atomic E-state index is 0.162. The molecule has 3 aromatic rings. The molecule has 2 heterocycles. The molecule has 4 rings (SSSR count). The first kappa shape index (κ1) is 15.7. The van der Waals surface area contributed by atoms with Crippen LogP contribution < -0.4 is 9.64 Å². The number of rotatable bonds is 4. The molecule has 0 spiro atoms. The van der Waals surface area contributed by atoms with Crippen LogP contribution in [0.5, 0.6) is 5.75 Å². The molecule has 1 aromatic heterocycles. The molecule has 0 amide bonds. The Morgan fingerprint density at radius 3 is 2.76 bits per heavy atom. The highest BCUT2D eigenvalue weighted by molar-refractivity contribution is 7.19. The van der Waals surface area contributed by atoms with Gasteiger partial charge in [-0.05, 0) is 31.2 Å². The fourth-order valence-electron chi connectivity index (χ4n) is 2.95. The molecule has 0 aliphatic carbocycles. The Morgan fingerprint density at radius 2 is 1.96 bits per heavy atom. The van der Waals surface area contributed by atoms with E-state index in [2.05, 4.69) is 4.98 Å². The molecule has 2 aromatic carbocycles. The number of amidine groups is 1. The predicted octanol–water partition coefficient (Wildman–Crippen LogP) is 4.46. The number of anilines is 1. The highest BCUT2D eigenvalue weighted by atomic mass is 32.1. The summed E-state index contributed by atoms with van der Waals surface area (Å²) in [4.78, 5) is 6.34.